The molecule has 3 aliphatic rings. The summed E-state index contributed by atoms with van der Waals surface area (Å²) in [5.74, 6) is 0. The van der Waals surface area contributed by atoms with Crippen molar-refractivity contribution in [2.45, 2.75) is 55.5 Å². The summed E-state index contributed by atoms with van der Waals surface area (Å²) < 4.78 is 11.9. The first-order valence-electron chi connectivity index (χ1n) is 8.53. The lowest BCUT2D eigenvalue weighted by Crippen LogP contribution is -2.30. The highest BCUT2D eigenvalue weighted by molar-refractivity contribution is 9.09. The second kappa shape index (κ2) is 6.76. The molecule has 1 aliphatic carbocycles. The highest BCUT2D eigenvalue weighted by Crippen LogP contribution is 2.58. The zero-order valence-corrected chi connectivity index (χ0v) is 15.4. The Morgan fingerprint density at radius 2 is 1.86 bits per heavy atom. The Balaban J connectivity index is 1.55. The van der Waals surface area contributed by atoms with Crippen molar-refractivity contribution >= 4 is 30.1 Å². The van der Waals surface area contributed by atoms with Gasteiger partial charge in [-0.3, -0.25) is 0 Å². The van der Waals surface area contributed by atoms with Gasteiger partial charge in [0.1, 0.15) is 0 Å². The van der Waals surface area contributed by atoms with E-state index in [1.165, 1.54) is 50.8 Å². The molecule has 3 nitrogen and oxygen atoms in total. The SMILES string of the molecule is Br[C@@H]1CCCC[C@H]1OP1N(c2ccccc2)C[C@@H]2CCCN21. The highest BCUT2D eigenvalue weighted by atomic mass is 79.9. The topological polar surface area (TPSA) is 15.7 Å². The minimum atomic E-state index is -0.638. The number of halogens is 1. The first-order valence-corrected chi connectivity index (χ1v) is 10.6. The molecule has 22 heavy (non-hydrogen) atoms. The molecule has 120 valence electrons. The van der Waals surface area contributed by atoms with Gasteiger partial charge in [-0.25, -0.2) is 4.67 Å². The van der Waals surface area contributed by atoms with E-state index in [0.29, 0.717) is 17.0 Å². The van der Waals surface area contributed by atoms with Gasteiger partial charge in [-0.15, -0.1) is 0 Å². The second-order valence-electron chi connectivity index (χ2n) is 6.57. The molecule has 2 aliphatic heterocycles. The molecule has 5 heteroatoms. The summed E-state index contributed by atoms with van der Waals surface area (Å²) >= 11 is 3.86. The van der Waals surface area contributed by atoms with Crippen molar-refractivity contribution in [2.24, 2.45) is 0 Å². The zero-order chi connectivity index (χ0) is 14.9. The van der Waals surface area contributed by atoms with Crippen molar-refractivity contribution in [3.8, 4) is 0 Å². The van der Waals surface area contributed by atoms with Crippen LogP contribution in [0.5, 0.6) is 0 Å². The number of hydrogen-bond donors (Lipinski definition) is 0. The van der Waals surface area contributed by atoms with Crippen LogP contribution < -0.4 is 4.67 Å². The van der Waals surface area contributed by atoms with Crippen LogP contribution in [0.1, 0.15) is 38.5 Å². The lowest BCUT2D eigenvalue weighted by atomic mass is 9.98. The van der Waals surface area contributed by atoms with Crippen molar-refractivity contribution in [1.29, 1.82) is 0 Å². The monoisotopic (exact) mass is 382 g/mol. The van der Waals surface area contributed by atoms with Crippen LogP contribution in [-0.2, 0) is 4.52 Å². The fourth-order valence-electron chi connectivity index (χ4n) is 3.85. The van der Waals surface area contributed by atoms with Crippen LogP contribution in [0.15, 0.2) is 30.3 Å². The zero-order valence-electron chi connectivity index (χ0n) is 12.9. The smallest absolute Gasteiger partial charge is 0.218 e. The van der Waals surface area contributed by atoms with E-state index >= 15 is 0 Å². The van der Waals surface area contributed by atoms with E-state index in [9.17, 15) is 0 Å². The third-order valence-electron chi connectivity index (χ3n) is 5.06. The number of benzene rings is 1. The van der Waals surface area contributed by atoms with Crippen LogP contribution in [0.4, 0.5) is 5.69 Å². The van der Waals surface area contributed by atoms with Crippen molar-refractivity contribution in [1.82, 2.24) is 4.67 Å². The molecular formula is C17H24BrN2OP. The van der Waals surface area contributed by atoms with Gasteiger partial charge < -0.3 is 9.19 Å². The van der Waals surface area contributed by atoms with Crippen LogP contribution >= 0.6 is 24.4 Å². The van der Waals surface area contributed by atoms with Crippen LogP contribution in [0.3, 0.4) is 0 Å². The minimum absolute atomic E-state index is 0.380. The lowest BCUT2D eigenvalue weighted by Gasteiger charge is -2.35. The molecule has 0 aromatic heterocycles. The molecule has 0 radical (unpaired) electrons. The Morgan fingerprint density at radius 1 is 1.05 bits per heavy atom. The van der Waals surface area contributed by atoms with Gasteiger partial charge in [0.15, 0.2) is 0 Å². The van der Waals surface area contributed by atoms with Crippen molar-refractivity contribution in [3.05, 3.63) is 30.3 Å². The van der Waals surface area contributed by atoms with Gasteiger partial charge in [0.25, 0.3) is 0 Å². The Kier molecular flexibility index (Phi) is 4.73. The molecule has 0 amide bonds. The van der Waals surface area contributed by atoms with Crippen LogP contribution in [0, 0.1) is 0 Å². The van der Waals surface area contributed by atoms with E-state index in [0.717, 1.165) is 6.54 Å². The first kappa shape index (κ1) is 15.4. The van der Waals surface area contributed by atoms with E-state index < -0.39 is 8.45 Å². The van der Waals surface area contributed by atoms with E-state index in [4.69, 9.17) is 4.52 Å². The molecule has 0 spiro atoms. The molecule has 1 saturated carbocycles. The van der Waals surface area contributed by atoms with E-state index in [1.807, 2.05) is 0 Å². The Hall–Kier alpha value is -0.150. The van der Waals surface area contributed by atoms with Gasteiger partial charge in [-0.2, -0.15) is 0 Å². The van der Waals surface area contributed by atoms with Gasteiger partial charge in [0.05, 0.1) is 6.10 Å². The summed E-state index contributed by atoms with van der Waals surface area (Å²) in [5.41, 5.74) is 1.32. The third-order valence-corrected chi connectivity index (χ3v) is 8.34. The maximum atomic E-state index is 6.72. The Labute approximate surface area is 143 Å². The first-order chi connectivity index (χ1) is 10.8. The number of alkyl halides is 1. The van der Waals surface area contributed by atoms with Crippen molar-refractivity contribution in [2.75, 3.05) is 17.8 Å². The fraction of sp³-hybridized carbons (Fsp3) is 0.647. The third kappa shape index (κ3) is 2.96. The predicted molar refractivity (Wildman–Crippen MR) is 96.5 cm³/mol. The van der Waals surface area contributed by atoms with Gasteiger partial charge in [0.2, 0.25) is 8.45 Å². The quantitative estimate of drug-likeness (QED) is 0.544. The Morgan fingerprint density at radius 3 is 2.68 bits per heavy atom. The van der Waals surface area contributed by atoms with Gasteiger partial charge >= 0.3 is 0 Å². The summed E-state index contributed by atoms with van der Waals surface area (Å²) in [7, 11) is -0.638. The maximum Gasteiger partial charge on any atom is 0.218 e. The number of nitrogens with zero attached hydrogens (tertiary/aromatic N) is 2. The fourth-order valence-corrected chi connectivity index (χ4v) is 7.16. The molecule has 4 rings (SSSR count). The number of rotatable bonds is 3. The second-order valence-corrected chi connectivity index (χ2v) is 9.46. The van der Waals surface area contributed by atoms with Gasteiger partial charge in [0, 0.05) is 29.6 Å². The van der Waals surface area contributed by atoms with Crippen LogP contribution in [-0.4, -0.2) is 34.7 Å². The molecule has 1 aromatic rings. The summed E-state index contributed by atoms with van der Waals surface area (Å²) in [6, 6.07) is 11.5. The maximum absolute atomic E-state index is 6.72. The van der Waals surface area contributed by atoms with E-state index in [-0.39, 0.29) is 0 Å². The molecule has 4 atom stereocenters. The molecule has 0 bridgehead atoms. The molecule has 0 N–H and O–H groups in total. The number of hydrogen-bond acceptors (Lipinski definition) is 3. The highest BCUT2D eigenvalue weighted by Gasteiger charge is 2.45. The van der Waals surface area contributed by atoms with Crippen LogP contribution in [0.2, 0.25) is 0 Å². The standard InChI is InChI=1S/C17H24BrN2OP/c18-16-10-4-5-11-17(16)21-22-19-12-6-9-15(19)13-20(22)14-7-2-1-3-8-14/h1-3,7-8,15-17H,4-6,9-13H2/t15-,16+,17+,22?/m0/s1. The normalized spacial score (nSPS) is 35.8. The molecule has 1 unspecified atom stereocenters. The summed E-state index contributed by atoms with van der Waals surface area (Å²) in [4.78, 5) is 0.531. The largest absolute Gasteiger partial charge is 0.322 e. The number of para-hydroxylation sites is 1. The number of anilines is 1. The molecule has 1 aromatic carbocycles. The predicted octanol–water partition coefficient (Wildman–Crippen LogP) is 4.92. The Bertz CT molecular complexity index is 503. The lowest BCUT2D eigenvalue weighted by molar-refractivity contribution is 0.170. The van der Waals surface area contributed by atoms with E-state index in [2.05, 4.69) is 55.6 Å². The van der Waals surface area contributed by atoms with Crippen LogP contribution in [0.25, 0.3) is 0 Å². The summed E-state index contributed by atoms with van der Waals surface area (Å²) in [5, 5.41) is 0. The average molecular weight is 383 g/mol. The summed E-state index contributed by atoms with van der Waals surface area (Å²) in [6.07, 6.45) is 8.14. The average Bonchev–Trinajstić information content (AvgIpc) is 3.13. The molecule has 3 fully saturated rings. The molecular weight excluding hydrogens is 359 g/mol. The van der Waals surface area contributed by atoms with Crippen molar-refractivity contribution in [3.63, 3.8) is 0 Å². The molecule has 2 saturated heterocycles. The van der Waals surface area contributed by atoms with Gasteiger partial charge in [-0.05, 0) is 37.8 Å². The molecule has 2 heterocycles. The van der Waals surface area contributed by atoms with Crippen molar-refractivity contribution < 1.29 is 4.52 Å². The number of fused-ring (bicyclic) bond motifs is 1. The minimum Gasteiger partial charge on any atom is -0.322 e. The summed E-state index contributed by atoms with van der Waals surface area (Å²) in [6.45, 7) is 2.34. The van der Waals surface area contributed by atoms with E-state index in [1.54, 1.807) is 0 Å². The van der Waals surface area contributed by atoms with Gasteiger partial charge in [-0.1, -0.05) is 47.0 Å².